The second-order valence-electron chi connectivity index (χ2n) is 7.21. The molecule has 1 saturated heterocycles. The minimum atomic E-state index is -0.0779. The molecular formula is C23H24N4O3. The number of hydrogen-bond donors (Lipinski definition) is 0. The first-order valence-corrected chi connectivity index (χ1v) is 10.1. The first-order valence-electron chi connectivity index (χ1n) is 10.1. The van der Waals surface area contributed by atoms with Gasteiger partial charge in [0.05, 0.1) is 29.9 Å². The summed E-state index contributed by atoms with van der Waals surface area (Å²) in [6.45, 7) is 2.60. The molecule has 0 saturated carbocycles. The van der Waals surface area contributed by atoms with Crippen LogP contribution in [0.4, 0.5) is 5.82 Å². The van der Waals surface area contributed by atoms with Crippen molar-refractivity contribution in [1.82, 2.24) is 14.9 Å². The van der Waals surface area contributed by atoms with E-state index >= 15 is 0 Å². The zero-order valence-electron chi connectivity index (χ0n) is 17.0. The highest BCUT2D eigenvalue weighted by atomic mass is 16.5. The van der Waals surface area contributed by atoms with Gasteiger partial charge in [0.15, 0.2) is 5.78 Å². The lowest BCUT2D eigenvalue weighted by Gasteiger charge is -2.35. The number of methoxy groups -OCH3 is 1. The summed E-state index contributed by atoms with van der Waals surface area (Å²) in [6.07, 6.45) is 2.16. The van der Waals surface area contributed by atoms with Gasteiger partial charge in [-0.1, -0.05) is 24.3 Å². The lowest BCUT2D eigenvalue weighted by molar-refractivity contribution is -0.131. The maximum atomic E-state index is 12.6. The Morgan fingerprint density at radius 3 is 2.40 bits per heavy atom. The van der Waals surface area contributed by atoms with Crippen LogP contribution >= 0.6 is 0 Å². The molecule has 1 amide bonds. The number of anilines is 1. The average molecular weight is 404 g/mol. The molecule has 3 aromatic rings. The zero-order valence-corrected chi connectivity index (χ0v) is 17.0. The number of para-hydroxylation sites is 3. The molecular weight excluding hydrogens is 380 g/mol. The van der Waals surface area contributed by atoms with Crippen LogP contribution in [0.5, 0.6) is 5.75 Å². The quantitative estimate of drug-likeness (QED) is 0.588. The van der Waals surface area contributed by atoms with Gasteiger partial charge in [-0.25, -0.2) is 4.98 Å². The third-order valence-corrected chi connectivity index (χ3v) is 5.37. The van der Waals surface area contributed by atoms with Gasteiger partial charge in [0.25, 0.3) is 0 Å². The van der Waals surface area contributed by atoms with Gasteiger partial charge >= 0.3 is 0 Å². The van der Waals surface area contributed by atoms with Crippen molar-refractivity contribution < 1.29 is 14.3 Å². The number of Topliss-reactive ketones (excluding diaryl/α,β-unsaturated/α-hetero) is 1. The van der Waals surface area contributed by atoms with Crippen LogP contribution in [0.2, 0.25) is 0 Å². The summed E-state index contributed by atoms with van der Waals surface area (Å²) in [7, 11) is 1.54. The molecule has 7 nitrogen and oxygen atoms in total. The van der Waals surface area contributed by atoms with Crippen LogP contribution in [0.1, 0.15) is 23.2 Å². The number of hydrogen-bond acceptors (Lipinski definition) is 6. The number of carbonyl (C=O) groups excluding carboxylic acids is 2. The van der Waals surface area contributed by atoms with E-state index in [0.29, 0.717) is 37.5 Å². The van der Waals surface area contributed by atoms with Gasteiger partial charge in [0, 0.05) is 39.0 Å². The van der Waals surface area contributed by atoms with Crippen LogP contribution in [-0.2, 0) is 4.79 Å². The molecule has 0 spiro atoms. The van der Waals surface area contributed by atoms with E-state index in [0.717, 1.165) is 16.9 Å². The molecule has 0 aliphatic carbocycles. The van der Waals surface area contributed by atoms with E-state index in [1.165, 1.54) is 7.11 Å². The normalized spacial score (nSPS) is 14.0. The zero-order chi connectivity index (χ0) is 20.9. The topological polar surface area (TPSA) is 75.6 Å². The van der Waals surface area contributed by atoms with Gasteiger partial charge < -0.3 is 14.5 Å². The Hall–Kier alpha value is -3.48. The molecule has 0 atom stereocenters. The summed E-state index contributed by atoms with van der Waals surface area (Å²) in [5, 5.41) is 0. The molecule has 1 aliphatic rings. The number of carbonyl (C=O) groups is 2. The van der Waals surface area contributed by atoms with E-state index in [2.05, 4.69) is 14.9 Å². The van der Waals surface area contributed by atoms with Crippen molar-refractivity contribution in [3.63, 3.8) is 0 Å². The Morgan fingerprint density at radius 2 is 1.63 bits per heavy atom. The summed E-state index contributed by atoms with van der Waals surface area (Å²) in [4.78, 5) is 38.2. The van der Waals surface area contributed by atoms with Crippen LogP contribution in [0, 0.1) is 0 Å². The van der Waals surface area contributed by atoms with E-state index in [1.807, 2.05) is 35.2 Å². The molecule has 2 aromatic carbocycles. The van der Waals surface area contributed by atoms with Gasteiger partial charge in [-0.05, 0) is 24.3 Å². The Kier molecular flexibility index (Phi) is 5.88. The number of rotatable bonds is 6. The summed E-state index contributed by atoms with van der Waals surface area (Å²) in [5.74, 6) is 1.29. The van der Waals surface area contributed by atoms with Crippen molar-refractivity contribution in [2.24, 2.45) is 0 Å². The summed E-state index contributed by atoms with van der Waals surface area (Å²) < 4.78 is 5.24. The van der Waals surface area contributed by atoms with E-state index in [9.17, 15) is 9.59 Å². The second kappa shape index (κ2) is 8.90. The van der Waals surface area contributed by atoms with Crippen molar-refractivity contribution in [2.45, 2.75) is 12.8 Å². The molecule has 0 radical (unpaired) electrons. The molecule has 2 heterocycles. The lowest BCUT2D eigenvalue weighted by atomic mass is 10.0. The van der Waals surface area contributed by atoms with Gasteiger partial charge in [-0.3, -0.25) is 14.6 Å². The van der Waals surface area contributed by atoms with Crippen molar-refractivity contribution in [3.05, 3.63) is 60.3 Å². The molecule has 4 rings (SSSR count). The Morgan fingerprint density at radius 1 is 0.933 bits per heavy atom. The highest BCUT2D eigenvalue weighted by molar-refractivity contribution is 6.00. The predicted molar refractivity (Wildman–Crippen MR) is 115 cm³/mol. The SMILES string of the molecule is COc1ccccc1C(=O)CCC(=O)N1CCN(c2cnc3ccccc3n2)CC1. The second-order valence-corrected chi connectivity index (χ2v) is 7.21. The molecule has 30 heavy (non-hydrogen) atoms. The van der Waals surface area contributed by atoms with E-state index in [1.54, 1.807) is 24.4 Å². The van der Waals surface area contributed by atoms with E-state index in [4.69, 9.17) is 4.74 Å². The number of piperazine rings is 1. The maximum absolute atomic E-state index is 12.6. The molecule has 0 bridgehead atoms. The predicted octanol–water partition coefficient (Wildman–Crippen LogP) is 2.95. The Bertz CT molecular complexity index is 1060. The molecule has 7 heteroatoms. The van der Waals surface area contributed by atoms with Crippen molar-refractivity contribution in [1.29, 1.82) is 0 Å². The highest BCUT2D eigenvalue weighted by Gasteiger charge is 2.23. The van der Waals surface area contributed by atoms with Crippen LogP contribution in [0.3, 0.4) is 0 Å². The van der Waals surface area contributed by atoms with Crippen LogP contribution in [0.25, 0.3) is 11.0 Å². The minimum Gasteiger partial charge on any atom is -0.496 e. The van der Waals surface area contributed by atoms with Crippen LogP contribution < -0.4 is 9.64 Å². The fourth-order valence-corrected chi connectivity index (χ4v) is 3.67. The van der Waals surface area contributed by atoms with Crippen molar-refractivity contribution >= 4 is 28.5 Å². The number of ether oxygens (including phenoxy) is 1. The van der Waals surface area contributed by atoms with Crippen LogP contribution in [-0.4, -0.2) is 59.8 Å². The van der Waals surface area contributed by atoms with Gasteiger partial charge in [-0.15, -0.1) is 0 Å². The summed E-state index contributed by atoms with van der Waals surface area (Å²) >= 11 is 0. The summed E-state index contributed by atoms with van der Waals surface area (Å²) in [5.41, 5.74) is 2.26. The number of fused-ring (bicyclic) bond motifs is 1. The Labute approximate surface area is 175 Å². The van der Waals surface area contributed by atoms with E-state index < -0.39 is 0 Å². The number of amides is 1. The largest absolute Gasteiger partial charge is 0.496 e. The first kappa shape index (κ1) is 19.8. The van der Waals surface area contributed by atoms with Crippen molar-refractivity contribution in [3.8, 4) is 5.75 Å². The Balaban J connectivity index is 1.31. The van der Waals surface area contributed by atoms with Gasteiger partial charge in [0.2, 0.25) is 5.91 Å². The third kappa shape index (κ3) is 4.25. The fourth-order valence-electron chi connectivity index (χ4n) is 3.67. The summed E-state index contributed by atoms with van der Waals surface area (Å²) in [6, 6.07) is 14.9. The number of benzene rings is 2. The maximum Gasteiger partial charge on any atom is 0.223 e. The van der Waals surface area contributed by atoms with Gasteiger partial charge in [0.1, 0.15) is 11.6 Å². The number of ketones is 1. The highest BCUT2D eigenvalue weighted by Crippen LogP contribution is 2.21. The standard InChI is InChI=1S/C23H24N4O3/c1-30-21-9-5-2-6-17(21)20(28)10-11-23(29)27-14-12-26(13-15-27)22-16-24-18-7-3-4-8-19(18)25-22/h2-9,16H,10-15H2,1H3. The molecule has 1 fully saturated rings. The molecule has 1 aromatic heterocycles. The third-order valence-electron chi connectivity index (χ3n) is 5.37. The number of nitrogens with zero attached hydrogens (tertiary/aromatic N) is 4. The van der Waals surface area contributed by atoms with Crippen LogP contribution in [0.15, 0.2) is 54.7 Å². The van der Waals surface area contributed by atoms with Crippen molar-refractivity contribution in [2.75, 3.05) is 38.2 Å². The number of aromatic nitrogens is 2. The van der Waals surface area contributed by atoms with E-state index in [-0.39, 0.29) is 24.5 Å². The lowest BCUT2D eigenvalue weighted by Crippen LogP contribution is -2.49. The molecule has 154 valence electrons. The molecule has 1 aliphatic heterocycles. The molecule has 0 unspecified atom stereocenters. The average Bonchev–Trinajstić information content (AvgIpc) is 2.82. The smallest absolute Gasteiger partial charge is 0.223 e. The monoisotopic (exact) mass is 404 g/mol. The van der Waals surface area contributed by atoms with Gasteiger partial charge in [-0.2, -0.15) is 0 Å². The molecule has 0 N–H and O–H groups in total. The minimum absolute atomic E-state index is 0.00231. The fraction of sp³-hybridized carbons (Fsp3) is 0.304. The first-order chi connectivity index (χ1) is 14.7.